The van der Waals surface area contributed by atoms with Crippen LogP contribution in [0, 0.1) is 5.92 Å². The molecule has 14 nitrogen and oxygen atoms in total. The molecule has 2 aromatic carbocycles. The molecule has 0 aliphatic carbocycles. The van der Waals surface area contributed by atoms with Crippen molar-refractivity contribution in [2.24, 2.45) is 11.0 Å². The number of rotatable bonds is 18. The molecule has 0 saturated heterocycles. The molecule has 2 aromatic rings. The van der Waals surface area contributed by atoms with Gasteiger partial charge in [0.05, 0.1) is 18.7 Å². The normalized spacial score (nSPS) is 13.3. The lowest BCUT2D eigenvalue weighted by Gasteiger charge is -2.30. The minimum Gasteiger partial charge on any atom is -0.494 e. The Balaban J connectivity index is 1.74. The smallest absolute Gasteiger partial charge is 0.369 e. The zero-order valence-corrected chi connectivity index (χ0v) is 27.6. The monoisotopic (exact) mass is 671 g/mol. The number of hydrazone groups is 1. The van der Waals surface area contributed by atoms with Gasteiger partial charge in [-0.1, -0.05) is 50.2 Å². The van der Waals surface area contributed by atoms with E-state index in [4.69, 9.17) is 9.47 Å². The summed E-state index contributed by atoms with van der Waals surface area (Å²) >= 11 is 0. The Bertz CT molecular complexity index is 1370. The van der Waals surface area contributed by atoms with Gasteiger partial charge in [-0.05, 0) is 61.6 Å². The standard InChI is InChI=1S/C29H43N3O11P2/c1-21(2)17-23-9-11-25(12-10-23)22(3)28(34)43-20-27(33)31-30-19-24-7-5-8-26(18-24)42-16-6-14-32(4)15-13-29(35,44(36,37)38)45(39,40)41/h5,7-12,18-19,21-22,35H,6,13-17,20H2,1-4H3,(H,31,33)(H2,36,37,38)(H2,39,40,41)/b30-19+/t22-/m0/s1. The Labute approximate surface area is 262 Å². The highest BCUT2D eigenvalue weighted by Gasteiger charge is 2.58. The van der Waals surface area contributed by atoms with Gasteiger partial charge in [0.1, 0.15) is 5.75 Å². The van der Waals surface area contributed by atoms with Crippen molar-refractivity contribution >= 4 is 33.3 Å². The highest BCUT2D eigenvalue weighted by atomic mass is 31.2. The molecule has 1 atom stereocenters. The molecule has 0 spiro atoms. The van der Waals surface area contributed by atoms with Crippen LogP contribution in [-0.4, -0.2) is 86.1 Å². The van der Waals surface area contributed by atoms with Crippen LogP contribution < -0.4 is 10.2 Å². The molecule has 0 unspecified atom stereocenters. The maximum atomic E-state index is 12.4. The quantitative estimate of drug-likeness (QED) is 0.0444. The summed E-state index contributed by atoms with van der Waals surface area (Å²) in [6.07, 6.45) is 1.97. The van der Waals surface area contributed by atoms with Crippen molar-refractivity contribution in [2.45, 2.75) is 51.0 Å². The van der Waals surface area contributed by atoms with Gasteiger partial charge in [-0.3, -0.25) is 18.7 Å². The molecule has 0 bridgehead atoms. The maximum absolute atomic E-state index is 12.4. The fourth-order valence-electron chi connectivity index (χ4n) is 4.15. The molecule has 0 heterocycles. The van der Waals surface area contributed by atoms with Crippen molar-refractivity contribution in [3.8, 4) is 5.75 Å². The van der Waals surface area contributed by atoms with E-state index in [9.17, 15) is 43.4 Å². The van der Waals surface area contributed by atoms with Crippen molar-refractivity contribution in [2.75, 3.05) is 33.4 Å². The second-order valence-electron chi connectivity index (χ2n) is 11.2. The topological polar surface area (TPSA) is 216 Å². The van der Waals surface area contributed by atoms with Crippen LogP contribution in [0.4, 0.5) is 0 Å². The average Bonchev–Trinajstić information content (AvgIpc) is 2.95. The van der Waals surface area contributed by atoms with Gasteiger partial charge in [0.15, 0.2) is 6.61 Å². The molecule has 6 N–H and O–H groups in total. The van der Waals surface area contributed by atoms with Gasteiger partial charge in [0, 0.05) is 19.5 Å². The summed E-state index contributed by atoms with van der Waals surface area (Å²) in [5.74, 6) is -0.620. The summed E-state index contributed by atoms with van der Waals surface area (Å²) in [5.41, 5.74) is 4.91. The predicted octanol–water partition coefficient (Wildman–Crippen LogP) is 2.77. The van der Waals surface area contributed by atoms with Crippen LogP contribution in [0.3, 0.4) is 0 Å². The number of carbonyl (C=O) groups excluding carboxylic acids is 2. The van der Waals surface area contributed by atoms with E-state index in [1.807, 2.05) is 24.3 Å². The molecule has 0 saturated carbocycles. The van der Waals surface area contributed by atoms with Crippen molar-refractivity contribution in [1.29, 1.82) is 0 Å². The van der Waals surface area contributed by atoms with E-state index >= 15 is 0 Å². The third kappa shape index (κ3) is 12.4. The third-order valence-corrected chi connectivity index (χ3v) is 10.7. The maximum Gasteiger partial charge on any atom is 0.369 e. The first-order valence-corrected chi connectivity index (χ1v) is 17.5. The lowest BCUT2D eigenvalue weighted by Crippen LogP contribution is -2.34. The SMILES string of the molecule is CC(C)Cc1ccc([C@H](C)C(=O)OCC(=O)N/N=C/c2cccc(OCCCN(C)CCC(O)(P(=O)(O)O)P(=O)(O)O)c2)cc1. The molecular weight excluding hydrogens is 628 g/mol. The zero-order valence-electron chi connectivity index (χ0n) is 25.8. The molecular formula is C29H43N3O11P2. The Hall–Kier alpha value is -2.93. The summed E-state index contributed by atoms with van der Waals surface area (Å²) < 4.78 is 33.8. The first-order chi connectivity index (χ1) is 20.9. The number of hydrogen-bond donors (Lipinski definition) is 6. The molecule has 1 amide bonds. The molecule has 0 fully saturated rings. The van der Waals surface area contributed by atoms with Crippen LogP contribution >= 0.6 is 15.2 Å². The van der Waals surface area contributed by atoms with Crippen LogP contribution in [0.15, 0.2) is 53.6 Å². The fourth-order valence-corrected chi connectivity index (χ4v) is 6.29. The zero-order chi connectivity index (χ0) is 33.8. The van der Waals surface area contributed by atoms with Crippen LogP contribution in [-0.2, 0) is 29.9 Å². The van der Waals surface area contributed by atoms with Gasteiger partial charge in [-0.25, -0.2) is 5.43 Å². The lowest BCUT2D eigenvalue weighted by atomic mass is 9.97. The Morgan fingerprint density at radius 3 is 2.27 bits per heavy atom. The fraction of sp³-hybridized carbons (Fsp3) is 0.483. The molecule has 0 aliphatic rings. The lowest BCUT2D eigenvalue weighted by molar-refractivity contribution is -0.149. The third-order valence-electron chi connectivity index (χ3n) is 6.80. The van der Waals surface area contributed by atoms with Gasteiger partial charge in [0.2, 0.25) is 0 Å². The summed E-state index contributed by atoms with van der Waals surface area (Å²) in [4.78, 5) is 63.0. The Kier molecular flexibility index (Phi) is 14.5. The van der Waals surface area contributed by atoms with Crippen molar-refractivity contribution in [1.82, 2.24) is 10.3 Å². The summed E-state index contributed by atoms with van der Waals surface area (Å²) in [6, 6.07) is 14.6. The number of nitrogens with one attached hydrogen (secondary N) is 1. The number of amides is 1. The minimum atomic E-state index is -5.50. The second kappa shape index (κ2) is 17.1. The van der Waals surface area contributed by atoms with Crippen LogP contribution in [0.25, 0.3) is 0 Å². The molecule has 0 radical (unpaired) electrons. The first-order valence-electron chi connectivity index (χ1n) is 14.3. The average molecular weight is 672 g/mol. The molecule has 16 heteroatoms. The van der Waals surface area contributed by atoms with Gasteiger partial charge in [-0.15, -0.1) is 0 Å². The van der Waals surface area contributed by atoms with Crippen LogP contribution in [0.2, 0.25) is 0 Å². The minimum absolute atomic E-state index is 0.186. The molecule has 250 valence electrons. The number of benzene rings is 2. The molecule has 0 aliphatic heterocycles. The van der Waals surface area contributed by atoms with Gasteiger partial charge < -0.3 is 39.1 Å². The van der Waals surface area contributed by atoms with Gasteiger partial charge in [-0.2, -0.15) is 5.10 Å². The number of nitrogens with zero attached hydrogens (tertiary/aromatic N) is 2. The summed E-state index contributed by atoms with van der Waals surface area (Å²) in [7, 11) is -9.42. The Morgan fingerprint density at radius 2 is 1.67 bits per heavy atom. The number of aliphatic hydroxyl groups is 1. The van der Waals surface area contributed by atoms with Gasteiger partial charge >= 0.3 is 21.2 Å². The highest BCUT2D eigenvalue weighted by molar-refractivity contribution is 7.72. The van der Waals surface area contributed by atoms with E-state index in [0.29, 0.717) is 30.2 Å². The van der Waals surface area contributed by atoms with Crippen molar-refractivity contribution in [3.63, 3.8) is 0 Å². The highest BCUT2D eigenvalue weighted by Crippen LogP contribution is 2.68. The van der Waals surface area contributed by atoms with Gasteiger partial charge in [0.25, 0.3) is 11.0 Å². The van der Waals surface area contributed by atoms with E-state index in [0.717, 1.165) is 12.0 Å². The molecule has 0 aromatic heterocycles. The predicted molar refractivity (Wildman–Crippen MR) is 168 cm³/mol. The van der Waals surface area contributed by atoms with E-state index in [1.54, 1.807) is 43.1 Å². The van der Waals surface area contributed by atoms with Crippen LogP contribution in [0.5, 0.6) is 5.75 Å². The van der Waals surface area contributed by atoms with Crippen LogP contribution in [0.1, 0.15) is 56.2 Å². The number of hydrogen-bond acceptors (Lipinski definition) is 9. The molecule has 2 rings (SSSR count). The summed E-state index contributed by atoms with van der Waals surface area (Å²) in [6.45, 7) is 5.91. The van der Waals surface area contributed by atoms with E-state index in [2.05, 4.69) is 24.4 Å². The number of ether oxygens (including phenoxy) is 2. The van der Waals surface area contributed by atoms with Crippen molar-refractivity contribution in [3.05, 3.63) is 65.2 Å². The number of esters is 1. The second-order valence-corrected chi connectivity index (χ2v) is 15.2. The largest absolute Gasteiger partial charge is 0.494 e. The van der Waals surface area contributed by atoms with E-state index < -0.39 is 51.1 Å². The van der Waals surface area contributed by atoms with Crippen molar-refractivity contribution < 1.29 is 52.9 Å². The first kappa shape index (κ1) is 38.3. The number of carbonyl (C=O) groups is 2. The Morgan fingerprint density at radius 1 is 1.02 bits per heavy atom. The van der Waals surface area contributed by atoms with E-state index in [1.165, 1.54) is 11.8 Å². The van der Waals surface area contributed by atoms with E-state index in [-0.39, 0.29) is 13.2 Å². The summed E-state index contributed by atoms with van der Waals surface area (Å²) in [5, 5.41) is 10.4. The molecule has 45 heavy (non-hydrogen) atoms.